The summed E-state index contributed by atoms with van der Waals surface area (Å²) in [5.41, 5.74) is 0.553. The van der Waals surface area contributed by atoms with Gasteiger partial charge in [0.2, 0.25) is 0 Å². The Balaban J connectivity index is 3.22. The number of hydrogen-bond donors (Lipinski definition) is 0. The lowest BCUT2D eigenvalue weighted by Crippen LogP contribution is -2.19. The first-order valence-electron chi connectivity index (χ1n) is 4.66. The maximum absolute atomic E-state index is 12.1. The number of nitriles is 1. The molecule has 1 aromatic rings. The van der Waals surface area contributed by atoms with Crippen LogP contribution in [0, 0.1) is 11.3 Å². The Morgan fingerprint density at radius 1 is 1.50 bits per heavy atom. The van der Waals surface area contributed by atoms with Gasteiger partial charge in [0.25, 0.3) is 5.88 Å². The van der Waals surface area contributed by atoms with Gasteiger partial charge in [-0.1, -0.05) is 0 Å². The molecule has 98 valence electrons. The third-order valence-electron chi connectivity index (χ3n) is 1.95. The predicted molar refractivity (Wildman–Crippen MR) is 56.3 cm³/mol. The van der Waals surface area contributed by atoms with Crippen LogP contribution in [0.2, 0.25) is 0 Å². The van der Waals surface area contributed by atoms with Gasteiger partial charge in [-0.15, -0.1) is 24.8 Å². The zero-order valence-electron chi connectivity index (χ0n) is 9.21. The van der Waals surface area contributed by atoms with Gasteiger partial charge in [0.1, 0.15) is 0 Å². The number of nitrogens with zero attached hydrogens (tertiary/aromatic N) is 2. The molecule has 0 aliphatic carbocycles. The van der Waals surface area contributed by atoms with Gasteiger partial charge in [-0.2, -0.15) is 5.26 Å². The van der Waals surface area contributed by atoms with E-state index in [1.807, 2.05) is 6.07 Å². The van der Waals surface area contributed by atoms with Crippen molar-refractivity contribution in [3.05, 3.63) is 17.3 Å². The van der Waals surface area contributed by atoms with Crippen molar-refractivity contribution in [3.8, 4) is 17.7 Å². The van der Waals surface area contributed by atoms with Crippen molar-refractivity contribution in [2.24, 2.45) is 0 Å². The Hall–Kier alpha value is -1.68. The normalized spacial score (nSPS) is 10.9. The molecular formula is C10H8ClF3N2O2. The smallest absolute Gasteiger partial charge is 0.491 e. The fourth-order valence-electron chi connectivity index (χ4n) is 1.24. The number of alkyl halides is 4. The summed E-state index contributed by atoms with van der Waals surface area (Å²) >= 11 is 5.56. The number of halogens is 4. The molecule has 1 aromatic heterocycles. The van der Waals surface area contributed by atoms with Crippen molar-refractivity contribution in [2.45, 2.75) is 18.7 Å². The summed E-state index contributed by atoms with van der Waals surface area (Å²) < 4.78 is 44.9. The van der Waals surface area contributed by atoms with Crippen molar-refractivity contribution in [1.82, 2.24) is 4.98 Å². The van der Waals surface area contributed by atoms with Gasteiger partial charge in [-0.25, -0.2) is 4.98 Å². The summed E-state index contributed by atoms with van der Waals surface area (Å²) in [6.45, 7) is 0. The molecule has 0 spiro atoms. The number of rotatable bonds is 4. The highest BCUT2D eigenvalue weighted by Crippen LogP contribution is 2.32. The maximum atomic E-state index is 12.1. The maximum Gasteiger partial charge on any atom is 0.574 e. The molecule has 0 atom stereocenters. The Labute approximate surface area is 106 Å². The molecule has 0 saturated carbocycles. The van der Waals surface area contributed by atoms with Crippen molar-refractivity contribution in [3.63, 3.8) is 0 Å². The molecule has 0 aliphatic rings. The molecule has 0 N–H and O–H groups in total. The fraction of sp³-hybridized carbons (Fsp3) is 0.400. The van der Waals surface area contributed by atoms with E-state index in [0.717, 1.165) is 0 Å². The zero-order chi connectivity index (χ0) is 13.8. The SMILES string of the molecule is COc1cc(CC#N)c(CCl)nc1OC(F)(F)F. The standard InChI is InChI=1S/C10H8ClF3N2O2/c1-17-8-4-6(2-3-15)7(5-11)16-9(8)18-10(12,13)14/h4H,2,5H2,1H3. The minimum absolute atomic E-state index is 0.0300. The molecule has 0 fully saturated rings. The summed E-state index contributed by atoms with van der Waals surface area (Å²) in [6.07, 6.45) is -4.90. The number of hydrogen-bond acceptors (Lipinski definition) is 4. The minimum atomic E-state index is -4.87. The molecule has 1 heterocycles. The molecule has 0 amide bonds. The van der Waals surface area contributed by atoms with E-state index in [-0.39, 0.29) is 23.7 Å². The fourth-order valence-corrected chi connectivity index (χ4v) is 1.47. The number of ether oxygens (including phenoxy) is 2. The number of aromatic nitrogens is 1. The lowest BCUT2D eigenvalue weighted by Gasteiger charge is -2.14. The molecule has 0 radical (unpaired) electrons. The summed E-state index contributed by atoms with van der Waals surface area (Å²) in [7, 11) is 1.18. The van der Waals surface area contributed by atoms with Crippen molar-refractivity contribution < 1.29 is 22.6 Å². The lowest BCUT2D eigenvalue weighted by molar-refractivity contribution is -0.276. The summed E-state index contributed by atoms with van der Waals surface area (Å²) in [5, 5.41) is 8.59. The van der Waals surface area contributed by atoms with Crippen LogP contribution >= 0.6 is 11.6 Å². The second kappa shape index (κ2) is 5.78. The molecule has 0 saturated heterocycles. The van der Waals surface area contributed by atoms with Crippen LogP contribution in [0.5, 0.6) is 11.6 Å². The van der Waals surface area contributed by atoms with Crippen molar-refractivity contribution in [1.29, 1.82) is 5.26 Å². The summed E-state index contributed by atoms with van der Waals surface area (Å²) in [5.74, 6) is -1.05. The Kier molecular flexibility index (Phi) is 4.62. The van der Waals surface area contributed by atoms with Gasteiger partial charge in [0.15, 0.2) is 5.75 Å². The van der Waals surface area contributed by atoms with Crippen molar-refractivity contribution in [2.75, 3.05) is 7.11 Å². The van der Waals surface area contributed by atoms with Crippen LogP contribution < -0.4 is 9.47 Å². The van der Waals surface area contributed by atoms with Gasteiger partial charge in [0.05, 0.1) is 31.2 Å². The second-order valence-electron chi connectivity index (χ2n) is 3.12. The minimum Gasteiger partial charge on any atom is -0.491 e. The van der Waals surface area contributed by atoms with E-state index in [9.17, 15) is 13.2 Å². The third kappa shape index (κ3) is 3.67. The van der Waals surface area contributed by atoms with Gasteiger partial charge < -0.3 is 9.47 Å². The average Bonchev–Trinajstić information content (AvgIpc) is 2.28. The topological polar surface area (TPSA) is 55.1 Å². The highest BCUT2D eigenvalue weighted by Gasteiger charge is 2.33. The predicted octanol–water partition coefficient (Wildman–Crippen LogP) is 2.79. The van der Waals surface area contributed by atoms with Crippen LogP contribution in [-0.2, 0) is 12.3 Å². The van der Waals surface area contributed by atoms with Gasteiger partial charge in [-0.3, -0.25) is 0 Å². The highest BCUT2D eigenvalue weighted by atomic mass is 35.5. The molecule has 4 nitrogen and oxygen atoms in total. The van der Waals surface area contributed by atoms with E-state index < -0.39 is 12.2 Å². The van der Waals surface area contributed by atoms with Crippen molar-refractivity contribution >= 4 is 11.6 Å². The van der Waals surface area contributed by atoms with Gasteiger partial charge in [0, 0.05) is 0 Å². The Bertz CT molecular complexity index is 471. The summed E-state index contributed by atoms with van der Waals surface area (Å²) in [6, 6.07) is 3.12. The molecule has 18 heavy (non-hydrogen) atoms. The largest absolute Gasteiger partial charge is 0.574 e. The van der Waals surface area contributed by atoms with E-state index >= 15 is 0 Å². The molecule has 1 rings (SSSR count). The van der Waals surface area contributed by atoms with Gasteiger partial charge >= 0.3 is 6.36 Å². The number of methoxy groups -OCH3 is 1. The Morgan fingerprint density at radius 2 is 2.17 bits per heavy atom. The van der Waals surface area contributed by atoms with E-state index in [1.165, 1.54) is 13.2 Å². The van der Waals surface area contributed by atoms with E-state index in [1.54, 1.807) is 0 Å². The van der Waals surface area contributed by atoms with E-state index in [4.69, 9.17) is 21.6 Å². The van der Waals surface area contributed by atoms with Gasteiger partial charge in [-0.05, 0) is 11.6 Å². The molecule has 0 bridgehead atoms. The van der Waals surface area contributed by atoms with Crippen LogP contribution in [-0.4, -0.2) is 18.5 Å². The van der Waals surface area contributed by atoms with E-state index in [0.29, 0.717) is 5.56 Å². The molecule has 0 aliphatic heterocycles. The average molecular weight is 281 g/mol. The second-order valence-corrected chi connectivity index (χ2v) is 3.39. The first-order valence-corrected chi connectivity index (χ1v) is 5.20. The monoisotopic (exact) mass is 280 g/mol. The summed E-state index contributed by atoms with van der Waals surface area (Å²) in [4.78, 5) is 3.62. The first kappa shape index (κ1) is 14.4. The zero-order valence-corrected chi connectivity index (χ0v) is 9.97. The highest BCUT2D eigenvalue weighted by molar-refractivity contribution is 6.17. The van der Waals surface area contributed by atoms with Crippen LogP contribution in [0.3, 0.4) is 0 Å². The molecule has 0 unspecified atom stereocenters. The molecule has 8 heteroatoms. The first-order chi connectivity index (χ1) is 8.41. The third-order valence-corrected chi connectivity index (χ3v) is 2.20. The van der Waals surface area contributed by atoms with E-state index in [2.05, 4.69) is 9.72 Å². The Morgan fingerprint density at radius 3 is 2.61 bits per heavy atom. The lowest BCUT2D eigenvalue weighted by atomic mass is 10.1. The molecular weight excluding hydrogens is 273 g/mol. The molecule has 0 aromatic carbocycles. The van der Waals surface area contributed by atoms with Crippen LogP contribution in [0.25, 0.3) is 0 Å². The quantitative estimate of drug-likeness (QED) is 0.796. The van der Waals surface area contributed by atoms with Crippen LogP contribution in [0.15, 0.2) is 6.07 Å². The number of pyridine rings is 1. The van der Waals surface area contributed by atoms with Crippen LogP contribution in [0.1, 0.15) is 11.3 Å². The van der Waals surface area contributed by atoms with Crippen LogP contribution in [0.4, 0.5) is 13.2 Å².